The van der Waals surface area contributed by atoms with E-state index in [2.05, 4.69) is 15.8 Å². The molecule has 1 unspecified atom stereocenters. The first kappa shape index (κ1) is 18.6. The van der Waals surface area contributed by atoms with Crippen molar-refractivity contribution in [2.45, 2.75) is 51.0 Å². The third-order valence-corrected chi connectivity index (χ3v) is 6.29. The fraction of sp³-hybridized carbons (Fsp3) is 0.500. The smallest absolute Gasteiger partial charge is 0.314 e. The van der Waals surface area contributed by atoms with Gasteiger partial charge in [-0.25, -0.2) is 0 Å². The molecule has 0 bridgehead atoms. The number of aliphatic hydroxyl groups excluding tert-OH is 1. The van der Waals surface area contributed by atoms with E-state index in [9.17, 15) is 14.7 Å². The van der Waals surface area contributed by atoms with E-state index >= 15 is 0 Å². The van der Waals surface area contributed by atoms with Crippen LogP contribution in [0.25, 0.3) is 0 Å². The fourth-order valence-corrected chi connectivity index (χ4v) is 4.54. The van der Waals surface area contributed by atoms with Crippen LogP contribution in [0, 0.1) is 6.92 Å². The zero-order valence-electron chi connectivity index (χ0n) is 14.9. The lowest BCUT2D eigenvalue weighted by Crippen LogP contribution is -2.43. The number of aryl methyl sites for hydroxylation is 1. The Kier molecular flexibility index (Phi) is 5.43. The van der Waals surface area contributed by atoms with Gasteiger partial charge < -0.3 is 14.9 Å². The molecule has 3 N–H and O–H groups in total. The summed E-state index contributed by atoms with van der Waals surface area (Å²) >= 11 is 1.58. The lowest BCUT2D eigenvalue weighted by molar-refractivity contribution is -0.136. The summed E-state index contributed by atoms with van der Waals surface area (Å²) in [5.41, 5.74) is -0.168. The predicted molar refractivity (Wildman–Crippen MR) is 98.0 cm³/mol. The number of thiophene rings is 1. The van der Waals surface area contributed by atoms with Crippen molar-refractivity contribution >= 4 is 29.0 Å². The number of aliphatic hydroxyl groups is 1. The largest absolute Gasteiger partial charge is 0.388 e. The molecule has 1 aliphatic rings. The lowest BCUT2D eigenvalue weighted by Gasteiger charge is -2.28. The molecule has 2 aromatic rings. The molecular weight excluding hydrogens is 354 g/mol. The summed E-state index contributed by atoms with van der Waals surface area (Å²) in [4.78, 5) is 26.3. The molecule has 1 saturated carbocycles. The van der Waals surface area contributed by atoms with E-state index < -0.39 is 17.9 Å². The van der Waals surface area contributed by atoms with E-state index in [0.717, 1.165) is 35.4 Å². The van der Waals surface area contributed by atoms with Gasteiger partial charge in [-0.15, -0.1) is 11.3 Å². The monoisotopic (exact) mass is 377 g/mol. The van der Waals surface area contributed by atoms with Crippen molar-refractivity contribution in [1.82, 2.24) is 10.5 Å². The molecular formula is C18H23N3O4S. The van der Waals surface area contributed by atoms with Crippen LogP contribution in [0.15, 0.2) is 22.7 Å². The Bertz CT molecular complexity index is 790. The number of aromatic nitrogens is 1. The number of nitrogens with one attached hydrogen (secondary N) is 2. The van der Waals surface area contributed by atoms with Crippen molar-refractivity contribution in [2.24, 2.45) is 0 Å². The molecule has 2 amide bonds. The van der Waals surface area contributed by atoms with E-state index in [1.807, 2.05) is 12.1 Å². The maximum Gasteiger partial charge on any atom is 0.314 e. The Balaban J connectivity index is 1.64. The number of hydrogen-bond donors (Lipinski definition) is 3. The Morgan fingerprint density at radius 3 is 2.65 bits per heavy atom. The van der Waals surface area contributed by atoms with E-state index in [0.29, 0.717) is 12.3 Å². The summed E-state index contributed by atoms with van der Waals surface area (Å²) in [7, 11) is 0. The van der Waals surface area contributed by atoms with E-state index in [1.54, 1.807) is 31.3 Å². The quantitative estimate of drug-likeness (QED) is 0.695. The van der Waals surface area contributed by atoms with Gasteiger partial charge in [0.05, 0.1) is 6.10 Å². The second-order valence-electron chi connectivity index (χ2n) is 6.83. The lowest BCUT2D eigenvalue weighted by atomic mass is 9.84. The van der Waals surface area contributed by atoms with Crippen molar-refractivity contribution in [1.29, 1.82) is 0 Å². The third-order valence-electron chi connectivity index (χ3n) is 4.79. The summed E-state index contributed by atoms with van der Waals surface area (Å²) < 4.78 is 4.87. The van der Waals surface area contributed by atoms with Gasteiger partial charge in [-0.2, -0.15) is 0 Å². The summed E-state index contributed by atoms with van der Waals surface area (Å²) in [6.07, 6.45) is 3.58. The second kappa shape index (κ2) is 7.59. The number of rotatable bonds is 5. The van der Waals surface area contributed by atoms with Gasteiger partial charge in [-0.1, -0.05) is 18.0 Å². The summed E-state index contributed by atoms with van der Waals surface area (Å²) in [6, 6.07) is 5.52. The minimum absolute atomic E-state index is 0.168. The molecule has 3 rings (SSSR count). The normalized spacial score (nSPS) is 17.0. The van der Waals surface area contributed by atoms with Gasteiger partial charge >= 0.3 is 11.8 Å². The molecule has 1 fully saturated rings. The van der Waals surface area contributed by atoms with Crippen molar-refractivity contribution in [3.8, 4) is 0 Å². The number of carbonyl (C=O) groups is 2. The van der Waals surface area contributed by atoms with Gasteiger partial charge in [0, 0.05) is 27.8 Å². The SMILES string of the molecule is Cc1cc(NC(=O)C(=O)NCC2(c3ccc(C(C)O)s3)CCCC2)no1. The van der Waals surface area contributed by atoms with Crippen LogP contribution in [0.5, 0.6) is 0 Å². The molecule has 8 heteroatoms. The van der Waals surface area contributed by atoms with E-state index in [4.69, 9.17) is 4.52 Å². The first-order valence-corrected chi connectivity index (χ1v) is 9.52. The zero-order valence-corrected chi connectivity index (χ0v) is 15.7. The molecule has 0 aliphatic heterocycles. The van der Waals surface area contributed by atoms with Gasteiger partial charge in [-0.3, -0.25) is 14.9 Å². The summed E-state index contributed by atoms with van der Waals surface area (Å²) in [5.74, 6) is -0.679. The maximum atomic E-state index is 12.2. The highest BCUT2D eigenvalue weighted by Crippen LogP contribution is 2.44. The topological polar surface area (TPSA) is 104 Å². The molecule has 1 aliphatic carbocycles. The molecule has 2 heterocycles. The average Bonchev–Trinajstić information content (AvgIpc) is 3.33. The van der Waals surface area contributed by atoms with Gasteiger partial charge in [0.2, 0.25) is 0 Å². The highest BCUT2D eigenvalue weighted by atomic mass is 32.1. The average molecular weight is 377 g/mol. The van der Waals surface area contributed by atoms with Crippen LogP contribution in [0.4, 0.5) is 5.82 Å². The predicted octanol–water partition coefficient (Wildman–Crippen LogP) is 2.66. The van der Waals surface area contributed by atoms with E-state index in [1.165, 1.54) is 0 Å². The summed E-state index contributed by atoms with van der Waals surface area (Å²) in [5, 5.41) is 18.6. The third kappa shape index (κ3) is 3.96. The molecule has 26 heavy (non-hydrogen) atoms. The first-order chi connectivity index (χ1) is 12.4. The van der Waals surface area contributed by atoms with Crippen molar-refractivity contribution < 1.29 is 19.2 Å². The maximum absolute atomic E-state index is 12.2. The molecule has 2 aromatic heterocycles. The van der Waals surface area contributed by atoms with Crippen LogP contribution >= 0.6 is 11.3 Å². The van der Waals surface area contributed by atoms with Crippen molar-refractivity contribution in [2.75, 3.05) is 11.9 Å². The van der Waals surface area contributed by atoms with Crippen molar-refractivity contribution in [3.05, 3.63) is 33.7 Å². The van der Waals surface area contributed by atoms with Crippen LogP contribution in [0.3, 0.4) is 0 Å². The van der Waals surface area contributed by atoms with Gasteiger partial charge in [0.15, 0.2) is 5.82 Å². The minimum atomic E-state index is -0.762. The number of anilines is 1. The van der Waals surface area contributed by atoms with Crippen LogP contribution in [0.2, 0.25) is 0 Å². The van der Waals surface area contributed by atoms with Crippen LogP contribution in [0.1, 0.15) is 54.2 Å². The van der Waals surface area contributed by atoms with Crippen LogP contribution in [-0.4, -0.2) is 28.6 Å². The zero-order chi connectivity index (χ0) is 18.7. The van der Waals surface area contributed by atoms with Crippen LogP contribution < -0.4 is 10.6 Å². The van der Waals surface area contributed by atoms with Gasteiger partial charge in [0.1, 0.15) is 5.76 Å². The first-order valence-electron chi connectivity index (χ1n) is 8.70. The highest BCUT2D eigenvalue weighted by Gasteiger charge is 2.37. The van der Waals surface area contributed by atoms with Gasteiger partial charge in [0.25, 0.3) is 0 Å². The Morgan fingerprint density at radius 2 is 2.08 bits per heavy atom. The minimum Gasteiger partial charge on any atom is -0.388 e. The Hall–Kier alpha value is -2.19. The van der Waals surface area contributed by atoms with E-state index in [-0.39, 0.29) is 11.2 Å². The molecule has 140 valence electrons. The number of nitrogens with zero attached hydrogens (tertiary/aromatic N) is 1. The summed E-state index contributed by atoms with van der Waals surface area (Å²) in [6.45, 7) is 3.85. The Labute approximate surface area is 155 Å². The molecule has 0 spiro atoms. The number of carbonyl (C=O) groups excluding carboxylic acids is 2. The number of amides is 2. The molecule has 0 saturated heterocycles. The van der Waals surface area contributed by atoms with Crippen molar-refractivity contribution in [3.63, 3.8) is 0 Å². The molecule has 0 radical (unpaired) electrons. The second-order valence-corrected chi connectivity index (χ2v) is 7.94. The number of hydrogen-bond acceptors (Lipinski definition) is 6. The molecule has 1 atom stereocenters. The molecule has 7 nitrogen and oxygen atoms in total. The van der Waals surface area contributed by atoms with Gasteiger partial charge in [-0.05, 0) is 38.8 Å². The fourth-order valence-electron chi connectivity index (χ4n) is 3.35. The van der Waals surface area contributed by atoms with Crippen LogP contribution in [-0.2, 0) is 15.0 Å². The Morgan fingerprint density at radius 1 is 1.35 bits per heavy atom. The molecule has 0 aromatic carbocycles. The highest BCUT2D eigenvalue weighted by molar-refractivity contribution is 7.12. The standard InChI is InChI=1S/C18H23N3O4S/c1-11-9-15(21-25-11)20-17(24)16(23)19-10-18(7-3-4-8-18)14-6-5-13(26-14)12(2)22/h5-6,9,12,22H,3-4,7-8,10H2,1-2H3,(H,19,23)(H,20,21,24).